The fourth-order valence-corrected chi connectivity index (χ4v) is 6.75. The minimum atomic E-state index is -0.709. The molecule has 0 fully saturated rings. The normalized spacial score (nSPS) is 18.2. The van der Waals surface area contributed by atoms with Crippen LogP contribution in [0.15, 0.2) is 75.5 Å². The molecule has 1 amide bonds. The van der Waals surface area contributed by atoms with Crippen molar-refractivity contribution >= 4 is 45.6 Å². The van der Waals surface area contributed by atoms with Crippen molar-refractivity contribution in [2.75, 3.05) is 23.1 Å². The first-order chi connectivity index (χ1) is 19.6. The molecular formula is C29H27FN6O3S2. The van der Waals surface area contributed by atoms with E-state index in [1.54, 1.807) is 48.4 Å². The second-order valence-electron chi connectivity index (χ2n) is 10.4. The SMILES string of the molecule is COc1ccc(NC(=O)CSc2nnc(N3C(N)=C(C#N)C(c4ccc(F)cc4)C4=C3CC(C)(C)CC4=O)s2)cc1. The van der Waals surface area contributed by atoms with Gasteiger partial charge < -0.3 is 15.8 Å². The minimum absolute atomic E-state index is 0.0925. The molecule has 2 heterocycles. The third kappa shape index (κ3) is 5.82. The lowest BCUT2D eigenvalue weighted by Crippen LogP contribution is -2.42. The predicted molar refractivity (Wildman–Crippen MR) is 156 cm³/mol. The van der Waals surface area contributed by atoms with E-state index in [2.05, 4.69) is 21.6 Å². The van der Waals surface area contributed by atoms with E-state index in [0.29, 0.717) is 50.6 Å². The quantitative estimate of drug-likeness (QED) is 0.349. The summed E-state index contributed by atoms with van der Waals surface area (Å²) < 4.78 is 19.4. The number of Topliss-reactive ketones (excluding diaryl/α,β-unsaturated/α-hetero) is 1. The van der Waals surface area contributed by atoms with Crippen LogP contribution in [0.25, 0.3) is 0 Å². The lowest BCUT2D eigenvalue weighted by molar-refractivity contribution is -0.118. The Morgan fingerprint density at radius 1 is 1.22 bits per heavy atom. The van der Waals surface area contributed by atoms with Gasteiger partial charge in [0, 0.05) is 23.4 Å². The van der Waals surface area contributed by atoms with Crippen molar-refractivity contribution in [2.45, 2.75) is 36.9 Å². The second kappa shape index (κ2) is 11.3. The van der Waals surface area contributed by atoms with Crippen LogP contribution in [0.1, 0.15) is 38.2 Å². The molecule has 5 rings (SSSR count). The Balaban J connectivity index is 1.43. The molecule has 0 saturated carbocycles. The summed E-state index contributed by atoms with van der Waals surface area (Å²) in [6.45, 7) is 4.00. The Bertz CT molecular complexity index is 1610. The maximum Gasteiger partial charge on any atom is 0.234 e. The molecule has 9 nitrogen and oxygen atoms in total. The van der Waals surface area contributed by atoms with Crippen molar-refractivity contribution in [3.8, 4) is 11.8 Å². The first kappa shape index (κ1) is 28.3. The van der Waals surface area contributed by atoms with E-state index >= 15 is 0 Å². The predicted octanol–water partition coefficient (Wildman–Crippen LogP) is 5.36. The Morgan fingerprint density at radius 3 is 2.59 bits per heavy atom. The average molecular weight is 591 g/mol. The molecule has 1 unspecified atom stereocenters. The topological polar surface area (TPSA) is 134 Å². The van der Waals surface area contributed by atoms with Crippen molar-refractivity contribution < 1.29 is 18.7 Å². The monoisotopic (exact) mass is 590 g/mol. The number of nitriles is 1. The standard InChI is InChI=1S/C29H27FN6O3S2/c1-29(2)12-21-25(22(37)13-29)24(16-4-6-17(30)7-5-16)20(14-31)26(32)36(21)27-34-35-28(41-27)40-15-23(38)33-18-8-10-19(39-3)11-9-18/h4-11,24H,12-13,15,32H2,1-3H3,(H,33,38). The molecule has 210 valence electrons. The number of nitrogens with two attached hydrogens (primary N) is 1. The first-order valence-corrected chi connectivity index (χ1v) is 14.5. The van der Waals surface area contributed by atoms with Gasteiger partial charge in [-0.25, -0.2) is 4.39 Å². The zero-order chi connectivity index (χ0) is 29.3. The van der Waals surface area contributed by atoms with Gasteiger partial charge in [0.1, 0.15) is 17.4 Å². The van der Waals surface area contributed by atoms with Gasteiger partial charge in [0.05, 0.1) is 30.4 Å². The Kier molecular flexibility index (Phi) is 7.84. The van der Waals surface area contributed by atoms with E-state index in [-0.39, 0.29) is 34.3 Å². The minimum Gasteiger partial charge on any atom is -0.497 e. The smallest absolute Gasteiger partial charge is 0.234 e. The Morgan fingerprint density at radius 2 is 1.93 bits per heavy atom. The number of allylic oxidation sites excluding steroid dienone is 3. The fourth-order valence-electron chi connectivity index (χ4n) is 5.07. The number of anilines is 2. The van der Waals surface area contributed by atoms with Gasteiger partial charge in [-0.05, 0) is 53.8 Å². The molecule has 41 heavy (non-hydrogen) atoms. The Labute approximate surface area is 244 Å². The number of hydrogen-bond acceptors (Lipinski definition) is 10. The number of rotatable bonds is 7. The van der Waals surface area contributed by atoms with Crippen LogP contribution < -0.4 is 20.7 Å². The highest BCUT2D eigenvalue weighted by Crippen LogP contribution is 2.50. The number of methoxy groups -OCH3 is 1. The van der Waals surface area contributed by atoms with Crippen molar-refractivity contribution in [3.63, 3.8) is 0 Å². The highest BCUT2D eigenvalue weighted by atomic mass is 32.2. The molecule has 2 aliphatic rings. The molecule has 3 aromatic rings. The zero-order valence-corrected chi connectivity index (χ0v) is 24.2. The molecule has 0 bridgehead atoms. The molecule has 0 spiro atoms. The molecule has 0 radical (unpaired) electrons. The van der Waals surface area contributed by atoms with Crippen LogP contribution >= 0.6 is 23.1 Å². The number of amides is 1. The van der Waals surface area contributed by atoms with Crippen molar-refractivity contribution in [3.05, 3.63) is 82.6 Å². The maximum atomic E-state index is 13.7. The summed E-state index contributed by atoms with van der Waals surface area (Å²) in [6.07, 6.45) is 0.814. The number of halogens is 1. The highest BCUT2D eigenvalue weighted by molar-refractivity contribution is 8.01. The van der Waals surface area contributed by atoms with Crippen LogP contribution in [0.5, 0.6) is 5.75 Å². The number of ether oxygens (including phenoxy) is 1. The Hall–Kier alpha value is -4.21. The van der Waals surface area contributed by atoms with Crippen LogP contribution in [-0.4, -0.2) is 34.8 Å². The maximum absolute atomic E-state index is 13.7. The van der Waals surface area contributed by atoms with E-state index in [1.165, 1.54) is 35.2 Å². The summed E-state index contributed by atoms with van der Waals surface area (Å²) in [7, 11) is 1.57. The van der Waals surface area contributed by atoms with E-state index < -0.39 is 11.7 Å². The summed E-state index contributed by atoms with van der Waals surface area (Å²) in [5.41, 5.74) is 8.83. The molecular weight excluding hydrogens is 563 g/mol. The summed E-state index contributed by atoms with van der Waals surface area (Å²) >= 11 is 2.43. The molecule has 1 aliphatic heterocycles. The number of ketones is 1. The highest BCUT2D eigenvalue weighted by Gasteiger charge is 2.45. The van der Waals surface area contributed by atoms with Gasteiger partial charge in [0.15, 0.2) is 10.1 Å². The number of aromatic nitrogens is 2. The van der Waals surface area contributed by atoms with E-state index in [0.717, 1.165) is 0 Å². The first-order valence-electron chi connectivity index (χ1n) is 12.7. The van der Waals surface area contributed by atoms with E-state index in [4.69, 9.17) is 10.5 Å². The second-order valence-corrected chi connectivity index (χ2v) is 12.6. The van der Waals surface area contributed by atoms with Crippen LogP contribution in [0.3, 0.4) is 0 Å². The van der Waals surface area contributed by atoms with E-state index in [1.807, 2.05) is 13.8 Å². The fraction of sp³-hybridized carbons (Fsp3) is 0.276. The average Bonchev–Trinajstić information content (AvgIpc) is 3.40. The number of benzene rings is 2. The summed E-state index contributed by atoms with van der Waals surface area (Å²) in [5.74, 6) is -0.493. The third-order valence-corrected chi connectivity index (χ3v) is 8.91. The summed E-state index contributed by atoms with van der Waals surface area (Å²) in [5, 5.41) is 22.0. The lowest BCUT2D eigenvalue weighted by Gasteiger charge is -2.42. The van der Waals surface area contributed by atoms with Crippen LogP contribution in [-0.2, 0) is 9.59 Å². The van der Waals surface area contributed by atoms with Crippen molar-refractivity contribution in [1.29, 1.82) is 5.26 Å². The molecule has 2 aromatic carbocycles. The van der Waals surface area contributed by atoms with E-state index in [9.17, 15) is 19.2 Å². The van der Waals surface area contributed by atoms with Crippen LogP contribution in [0.2, 0.25) is 0 Å². The summed E-state index contributed by atoms with van der Waals surface area (Å²) in [4.78, 5) is 27.8. The molecule has 1 aliphatic carbocycles. The molecule has 1 atom stereocenters. The number of nitrogens with zero attached hydrogens (tertiary/aromatic N) is 4. The van der Waals surface area contributed by atoms with Crippen molar-refractivity contribution in [1.82, 2.24) is 10.2 Å². The van der Waals surface area contributed by atoms with Gasteiger partial charge in [-0.15, -0.1) is 10.2 Å². The number of thioether (sulfide) groups is 1. The lowest BCUT2D eigenvalue weighted by atomic mass is 9.69. The van der Waals surface area contributed by atoms with Crippen molar-refractivity contribution in [2.24, 2.45) is 11.1 Å². The van der Waals surface area contributed by atoms with Gasteiger partial charge >= 0.3 is 0 Å². The van der Waals surface area contributed by atoms with Crippen LogP contribution in [0, 0.1) is 22.6 Å². The van der Waals surface area contributed by atoms with Gasteiger partial charge in [-0.1, -0.05) is 49.1 Å². The molecule has 3 N–H and O–H groups in total. The van der Waals surface area contributed by atoms with Gasteiger partial charge in [0.25, 0.3) is 0 Å². The molecule has 0 saturated heterocycles. The number of carbonyl (C=O) groups excluding carboxylic acids is 2. The number of carbonyl (C=O) groups is 2. The largest absolute Gasteiger partial charge is 0.497 e. The number of nitrogens with one attached hydrogen (secondary N) is 1. The summed E-state index contributed by atoms with van der Waals surface area (Å²) in [6, 6.07) is 15.0. The van der Waals surface area contributed by atoms with Crippen LogP contribution in [0.4, 0.5) is 15.2 Å². The third-order valence-electron chi connectivity index (χ3n) is 6.87. The number of hydrogen-bond donors (Lipinski definition) is 2. The molecule has 1 aromatic heterocycles. The molecule has 12 heteroatoms. The van der Waals surface area contributed by atoms with Gasteiger partial charge in [-0.3, -0.25) is 14.5 Å². The van der Waals surface area contributed by atoms with Gasteiger partial charge in [0.2, 0.25) is 11.0 Å². The zero-order valence-electron chi connectivity index (χ0n) is 22.6. The van der Waals surface area contributed by atoms with Gasteiger partial charge in [-0.2, -0.15) is 5.26 Å².